The van der Waals surface area contributed by atoms with Crippen molar-refractivity contribution in [1.82, 2.24) is 4.90 Å². The van der Waals surface area contributed by atoms with Crippen LogP contribution < -0.4 is 0 Å². The molecule has 0 unspecified atom stereocenters. The summed E-state index contributed by atoms with van der Waals surface area (Å²) >= 11 is 0. The van der Waals surface area contributed by atoms with Crippen molar-refractivity contribution in [3.63, 3.8) is 0 Å². The minimum atomic E-state index is 0. The first-order valence-electron chi connectivity index (χ1n) is 9.01. The second-order valence-electron chi connectivity index (χ2n) is 5.30. The van der Waals surface area contributed by atoms with Gasteiger partial charge in [-0.15, -0.1) is 6.58 Å². The molecular weight excluding hydrogens is 361 g/mol. The molecule has 1 heterocycles. The molecule has 0 amide bonds. The molecule has 0 saturated carbocycles. The van der Waals surface area contributed by atoms with Crippen LogP contribution in [-0.4, -0.2) is 48.4 Å². The Balaban J connectivity index is -0.0000000973. The van der Waals surface area contributed by atoms with Crippen LogP contribution >= 0.6 is 0 Å². The fourth-order valence-electron chi connectivity index (χ4n) is 1.15. The predicted octanol–water partition coefficient (Wildman–Crippen LogP) is 6.31. The van der Waals surface area contributed by atoms with Gasteiger partial charge in [0.1, 0.15) is 0 Å². The summed E-state index contributed by atoms with van der Waals surface area (Å²) in [7, 11) is 0. The van der Waals surface area contributed by atoms with E-state index >= 15 is 0 Å². The number of likely N-dealkylation sites (tertiary alicyclic amines) is 1. The molecule has 1 aliphatic rings. The van der Waals surface area contributed by atoms with Crippen LogP contribution in [0, 0.1) is 0 Å². The van der Waals surface area contributed by atoms with E-state index in [1.807, 2.05) is 6.08 Å². The van der Waals surface area contributed by atoms with Crippen molar-refractivity contribution in [2.45, 2.75) is 92.9 Å². The van der Waals surface area contributed by atoms with Gasteiger partial charge < -0.3 is 0 Å². The van der Waals surface area contributed by atoms with E-state index in [1.54, 1.807) is 0 Å². The molecule has 1 fully saturated rings. The van der Waals surface area contributed by atoms with Crippen LogP contribution in [0.5, 0.6) is 0 Å². The van der Waals surface area contributed by atoms with Gasteiger partial charge in [-0.1, -0.05) is 86.1 Å². The summed E-state index contributed by atoms with van der Waals surface area (Å²) in [6, 6.07) is 0. The van der Waals surface area contributed by atoms with E-state index in [2.05, 4.69) is 53.0 Å². The molecule has 2 heteroatoms. The molecule has 0 aromatic heterocycles. The fourth-order valence-corrected chi connectivity index (χ4v) is 1.15. The molecule has 0 aliphatic carbocycles. The summed E-state index contributed by atoms with van der Waals surface area (Å²) in [6.07, 6.45) is 12.7. The third-order valence-corrected chi connectivity index (χ3v) is 3.09. The molecule has 0 aromatic rings. The summed E-state index contributed by atoms with van der Waals surface area (Å²) in [5, 5.41) is 0. The topological polar surface area (TPSA) is 3.24 Å². The smallest absolute Gasteiger partial charge is 0.0160 e. The Morgan fingerprint density at radius 2 is 1.00 bits per heavy atom. The molecule has 1 saturated heterocycles. The van der Waals surface area contributed by atoms with Crippen LogP contribution in [0.25, 0.3) is 0 Å². The molecule has 4 radical (unpaired) electrons. The maximum atomic E-state index is 3.68. The van der Waals surface area contributed by atoms with Gasteiger partial charge in [0, 0.05) is 30.5 Å². The van der Waals surface area contributed by atoms with E-state index < -0.39 is 0 Å². The SMILES string of the molecule is C=CCN1CCCC1.CCCC.CCCC.CCCC.[Sn]. The van der Waals surface area contributed by atoms with Gasteiger partial charge in [0.2, 0.25) is 0 Å². The van der Waals surface area contributed by atoms with Crippen molar-refractivity contribution in [2.75, 3.05) is 19.6 Å². The summed E-state index contributed by atoms with van der Waals surface area (Å²) in [5.41, 5.74) is 0. The molecule has 0 atom stereocenters. The first-order chi connectivity index (χ1) is 9.67. The summed E-state index contributed by atoms with van der Waals surface area (Å²) in [6.45, 7) is 20.4. The van der Waals surface area contributed by atoms with Crippen molar-refractivity contribution in [3.05, 3.63) is 12.7 Å². The third kappa shape index (κ3) is 38.5. The van der Waals surface area contributed by atoms with Crippen molar-refractivity contribution in [3.8, 4) is 0 Å². The van der Waals surface area contributed by atoms with Gasteiger partial charge in [0.05, 0.1) is 0 Å². The number of nitrogens with zero attached hydrogens (tertiary/aromatic N) is 1. The number of hydrogen-bond donors (Lipinski definition) is 0. The maximum Gasteiger partial charge on any atom is 0.0160 e. The van der Waals surface area contributed by atoms with E-state index in [-0.39, 0.29) is 23.9 Å². The zero-order chi connectivity index (χ0) is 16.1. The number of hydrogen-bond acceptors (Lipinski definition) is 1. The van der Waals surface area contributed by atoms with E-state index in [9.17, 15) is 0 Å². The van der Waals surface area contributed by atoms with Gasteiger partial charge in [-0.2, -0.15) is 0 Å². The molecule has 128 valence electrons. The Labute approximate surface area is 153 Å². The summed E-state index contributed by atoms with van der Waals surface area (Å²) < 4.78 is 0. The number of unbranched alkanes of at least 4 members (excludes halogenated alkanes) is 3. The normalized spacial score (nSPS) is 12.5. The van der Waals surface area contributed by atoms with E-state index in [1.165, 1.54) is 64.5 Å². The van der Waals surface area contributed by atoms with E-state index in [0.29, 0.717) is 0 Å². The van der Waals surface area contributed by atoms with Crippen LogP contribution in [0.2, 0.25) is 0 Å². The molecular formula is C19H43NSn. The minimum Gasteiger partial charge on any atom is -0.300 e. The zero-order valence-electron chi connectivity index (χ0n) is 16.0. The van der Waals surface area contributed by atoms with Gasteiger partial charge in [-0.25, -0.2) is 0 Å². The van der Waals surface area contributed by atoms with Crippen LogP contribution in [0.4, 0.5) is 0 Å². The van der Waals surface area contributed by atoms with Crippen LogP contribution in [0.15, 0.2) is 12.7 Å². The molecule has 0 spiro atoms. The third-order valence-electron chi connectivity index (χ3n) is 3.09. The molecule has 21 heavy (non-hydrogen) atoms. The van der Waals surface area contributed by atoms with Gasteiger partial charge in [-0.3, -0.25) is 4.90 Å². The summed E-state index contributed by atoms with van der Waals surface area (Å²) in [4.78, 5) is 2.42. The average molecular weight is 404 g/mol. The predicted molar refractivity (Wildman–Crippen MR) is 103 cm³/mol. The fraction of sp³-hybridized carbons (Fsp3) is 0.895. The molecule has 1 nitrogen and oxygen atoms in total. The van der Waals surface area contributed by atoms with Gasteiger partial charge in [0.25, 0.3) is 0 Å². The van der Waals surface area contributed by atoms with Gasteiger partial charge >= 0.3 is 0 Å². The van der Waals surface area contributed by atoms with Crippen molar-refractivity contribution in [2.24, 2.45) is 0 Å². The Morgan fingerprint density at radius 1 is 0.714 bits per heavy atom. The van der Waals surface area contributed by atoms with Crippen LogP contribution in [0.1, 0.15) is 92.9 Å². The first kappa shape index (κ1) is 29.5. The minimum absolute atomic E-state index is 0. The van der Waals surface area contributed by atoms with Crippen molar-refractivity contribution >= 4 is 23.9 Å². The van der Waals surface area contributed by atoms with Crippen molar-refractivity contribution in [1.29, 1.82) is 0 Å². The largest absolute Gasteiger partial charge is 0.300 e. The van der Waals surface area contributed by atoms with Crippen molar-refractivity contribution < 1.29 is 0 Å². The Kier molecular flexibility index (Phi) is 45.6. The molecule has 1 rings (SSSR count). The average Bonchev–Trinajstić information content (AvgIpc) is 3.01. The second-order valence-corrected chi connectivity index (χ2v) is 5.30. The first-order valence-corrected chi connectivity index (χ1v) is 9.01. The second kappa shape index (κ2) is 32.4. The Morgan fingerprint density at radius 3 is 1.19 bits per heavy atom. The van der Waals surface area contributed by atoms with Gasteiger partial charge in [0.15, 0.2) is 0 Å². The zero-order valence-corrected chi connectivity index (χ0v) is 18.9. The quantitative estimate of drug-likeness (QED) is 0.384. The molecule has 0 bridgehead atoms. The molecule has 0 aromatic carbocycles. The Bertz CT molecular complexity index is 127. The van der Waals surface area contributed by atoms with Crippen LogP contribution in [0.3, 0.4) is 0 Å². The molecule has 0 N–H and O–H groups in total. The summed E-state index contributed by atoms with van der Waals surface area (Å²) in [5.74, 6) is 0. The van der Waals surface area contributed by atoms with E-state index in [4.69, 9.17) is 0 Å². The van der Waals surface area contributed by atoms with Crippen LogP contribution in [-0.2, 0) is 0 Å². The van der Waals surface area contributed by atoms with Gasteiger partial charge in [-0.05, 0) is 25.9 Å². The monoisotopic (exact) mass is 405 g/mol. The van der Waals surface area contributed by atoms with E-state index in [0.717, 1.165) is 6.54 Å². The maximum absolute atomic E-state index is 3.68. The Hall–Kier alpha value is 0.499. The molecule has 1 aliphatic heterocycles. The number of rotatable bonds is 5. The standard InChI is InChI=1S/C7H13N.3C4H10.Sn/c1-2-5-8-6-3-4-7-8;3*1-3-4-2;/h2H,1,3-7H2;3*3-4H2,1-2H3;.